The molecule has 2 aromatic rings. The molecule has 0 saturated heterocycles. The van der Waals surface area contributed by atoms with Gasteiger partial charge in [0.2, 0.25) is 0 Å². The topological polar surface area (TPSA) is 76.1 Å². The van der Waals surface area contributed by atoms with Crippen LogP contribution in [0.5, 0.6) is 0 Å². The van der Waals surface area contributed by atoms with Crippen molar-refractivity contribution in [3.05, 3.63) is 47.0 Å². The highest BCUT2D eigenvalue weighted by Crippen LogP contribution is 2.13. The molecule has 0 unspecified atom stereocenters. The molecule has 0 bridgehead atoms. The second-order valence-electron chi connectivity index (χ2n) is 4.06. The summed E-state index contributed by atoms with van der Waals surface area (Å²) in [5.41, 5.74) is 1.13. The van der Waals surface area contributed by atoms with Crippen LogP contribution in [0.1, 0.15) is 15.9 Å². The van der Waals surface area contributed by atoms with Crippen LogP contribution in [0.2, 0.25) is 0 Å². The highest BCUT2D eigenvalue weighted by molar-refractivity contribution is 7.89. The van der Waals surface area contributed by atoms with Crippen molar-refractivity contribution in [3.63, 3.8) is 0 Å². The predicted molar refractivity (Wildman–Crippen MR) is 75.1 cm³/mol. The van der Waals surface area contributed by atoms with Crippen LogP contribution in [-0.4, -0.2) is 25.6 Å². The third-order valence-corrected chi connectivity index (χ3v) is 3.84. The first-order valence-corrected chi connectivity index (χ1v) is 8.35. The summed E-state index contributed by atoms with van der Waals surface area (Å²) in [6.07, 6.45) is 2.78. The van der Waals surface area contributed by atoms with Crippen molar-refractivity contribution in [2.24, 2.45) is 0 Å². The summed E-state index contributed by atoms with van der Waals surface area (Å²) < 4.78 is 22.3. The fraction of sp³-hybridized carbons (Fsp3) is 0.167. The largest absolute Gasteiger partial charge is 0.298 e. The first-order chi connectivity index (χ1) is 8.94. The van der Waals surface area contributed by atoms with Crippen molar-refractivity contribution in [1.82, 2.24) is 4.98 Å². The summed E-state index contributed by atoms with van der Waals surface area (Å²) in [7, 11) is -3.06. The second kappa shape index (κ2) is 5.50. The van der Waals surface area contributed by atoms with Crippen LogP contribution in [0, 0.1) is 0 Å². The maximum Gasteiger partial charge on any atom is 0.257 e. The van der Waals surface area contributed by atoms with Crippen LogP contribution in [0.15, 0.2) is 35.8 Å². The quantitative estimate of drug-likeness (QED) is 0.935. The number of nitrogens with zero attached hydrogens (tertiary/aromatic N) is 1. The van der Waals surface area contributed by atoms with Crippen LogP contribution in [-0.2, 0) is 15.6 Å². The zero-order chi connectivity index (χ0) is 13.9. The lowest BCUT2D eigenvalue weighted by atomic mass is 10.1. The molecule has 0 radical (unpaired) electrons. The number of aromatic nitrogens is 1. The minimum Gasteiger partial charge on any atom is -0.298 e. The molecule has 0 aliphatic rings. The molecule has 5 nitrogen and oxygen atoms in total. The van der Waals surface area contributed by atoms with Gasteiger partial charge in [-0.2, -0.15) is 0 Å². The van der Waals surface area contributed by atoms with Crippen LogP contribution in [0.4, 0.5) is 5.13 Å². The minimum absolute atomic E-state index is 0.0264. The summed E-state index contributed by atoms with van der Waals surface area (Å²) >= 11 is 1.33. The summed E-state index contributed by atoms with van der Waals surface area (Å²) in [5, 5.41) is 4.96. The van der Waals surface area contributed by atoms with Crippen molar-refractivity contribution >= 4 is 32.2 Å². The van der Waals surface area contributed by atoms with Crippen LogP contribution < -0.4 is 5.32 Å². The number of benzene rings is 1. The summed E-state index contributed by atoms with van der Waals surface area (Å²) in [6, 6.07) is 6.47. The van der Waals surface area contributed by atoms with Gasteiger partial charge in [-0.15, -0.1) is 11.3 Å². The molecule has 1 N–H and O–H groups in total. The number of carbonyl (C=O) groups is 1. The Kier molecular flexibility index (Phi) is 3.96. The molecule has 0 aliphatic carbocycles. The lowest BCUT2D eigenvalue weighted by Crippen LogP contribution is -2.11. The highest BCUT2D eigenvalue weighted by Gasteiger charge is 2.09. The lowest BCUT2D eigenvalue weighted by Gasteiger charge is -2.03. The van der Waals surface area contributed by atoms with Crippen molar-refractivity contribution in [1.29, 1.82) is 0 Å². The van der Waals surface area contributed by atoms with E-state index in [0.29, 0.717) is 16.3 Å². The van der Waals surface area contributed by atoms with Crippen molar-refractivity contribution in [3.8, 4) is 0 Å². The Morgan fingerprint density at radius 2 is 2.00 bits per heavy atom. The number of hydrogen-bond acceptors (Lipinski definition) is 5. The van der Waals surface area contributed by atoms with Gasteiger partial charge in [-0.1, -0.05) is 12.1 Å². The number of rotatable bonds is 4. The van der Waals surface area contributed by atoms with E-state index in [4.69, 9.17) is 0 Å². The Bertz CT molecular complexity index is 662. The third kappa shape index (κ3) is 4.15. The number of thiazole rings is 1. The monoisotopic (exact) mass is 296 g/mol. The Morgan fingerprint density at radius 1 is 1.32 bits per heavy atom. The van der Waals surface area contributed by atoms with E-state index >= 15 is 0 Å². The van der Waals surface area contributed by atoms with Gasteiger partial charge in [-0.25, -0.2) is 13.4 Å². The Morgan fingerprint density at radius 3 is 2.53 bits per heavy atom. The molecule has 100 valence electrons. The average Bonchev–Trinajstić information content (AvgIpc) is 2.80. The Hall–Kier alpha value is -1.73. The fourth-order valence-corrected chi connectivity index (χ4v) is 2.83. The molecule has 2 rings (SSSR count). The summed E-state index contributed by atoms with van der Waals surface area (Å²) in [6.45, 7) is 0. The van der Waals surface area contributed by atoms with Gasteiger partial charge in [-0.05, 0) is 17.7 Å². The molecular weight excluding hydrogens is 284 g/mol. The molecule has 0 spiro atoms. The van der Waals surface area contributed by atoms with E-state index in [-0.39, 0.29) is 11.7 Å². The van der Waals surface area contributed by atoms with E-state index in [0.717, 1.165) is 0 Å². The van der Waals surface area contributed by atoms with E-state index in [1.54, 1.807) is 35.8 Å². The van der Waals surface area contributed by atoms with Gasteiger partial charge in [-0.3, -0.25) is 10.1 Å². The first-order valence-electron chi connectivity index (χ1n) is 5.41. The van der Waals surface area contributed by atoms with E-state index in [1.165, 1.54) is 17.6 Å². The van der Waals surface area contributed by atoms with E-state index < -0.39 is 9.84 Å². The molecule has 0 saturated carbocycles. The zero-order valence-electron chi connectivity index (χ0n) is 10.2. The number of anilines is 1. The molecule has 19 heavy (non-hydrogen) atoms. The maximum atomic E-state index is 11.8. The number of amides is 1. The second-order valence-corrected chi connectivity index (χ2v) is 7.09. The van der Waals surface area contributed by atoms with E-state index in [1.807, 2.05) is 0 Å². The highest BCUT2D eigenvalue weighted by atomic mass is 32.2. The number of carbonyl (C=O) groups excluding carboxylic acids is 1. The van der Waals surface area contributed by atoms with Crippen molar-refractivity contribution in [2.45, 2.75) is 5.75 Å². The molecule has 0 fully saturated rings. The molecule has 1 aromatic carbocycles. The normalized spacial score (nSPS) is 11.2. The lowest BCUT2D eigenvalue weighted by molar-refractivity contribution is 0.102. The molecule has 1 aromatic heterocycles. The van der Waals surface area contributed by atoms with Gasteiger partial charge >= 0.3 is 0 Å². The number of hydrogen-bond donors (Lipinski definition) is 1. The SMILES string of the molecule is CS(=O)(=O)Cc1ccc(C(=O)Nc2nccs2)cc1. The van der Waals surface area contributed by atoms with Gasteiger partial charge in [0.25, 0.3) is 5.91 Å². The fourth-order valence-electron chi connectivity index (χ4n) is 1.51. The Labute approximate surface area is 115 Å². The van der Waals surface area contributed by atoms with Crippen LogP contribution >= 0.6 is 11.3 Å². The Balaban J connectivity index is 2.08. The number of nitrogens with one attached hydrogen (secondary N) is 1. The van der Waals surface area contributed by atoms with E-state index in [9.17, 15) is 13.2 Å². The first kappa shape index (κ1) is 13.7. The molecule has 1 amide bonds. The maximum absolute atomic E-state index is 11.8. The van der Waals surface area contributed by atoms with Crippen LogP contribution in [0.3, 0.4) is 0 Å². The van der Waals surface area contributed by atoms with Gasteiger partial charge < -0.3 is 0 Å². The average molecular weight is 296 g/mol. The molecule has 7 heteroatoms. The van der Waals surface area contributed by atoms with Gasteiger partial charge in [0.15, 0.2) is 15.0 Å². The smallest absolute Gasteiger partial charge is 0.257 e. The van der Waals surface area contributed by atoms with Gasteiger partial charge in [0, 0.05) is 23.4 Å². The van der Waals surface area contributed by atoms with Crippen molar-refractivity contribution in [2.75, 3.05) is 11.6 Å². The molecule has 1 heterocycles. The van der Waals surface area contributed by atoms with Gasteiger partial charge in [0.05, 0.1) is 5.75 Å². The van der Waals surface area contributed by atoms with Crippen molar-refractivity contribution < 1.29 is 13.2 Å². The third-order valence-electron chi connectivity index (χ3n) is 2.30. The standard InChI is InChI=1S/C12H12N2O3S2/c1-19(16,17)8-9-2-4-10(5-3-9)11(15)14-12-13-6-7-18-12/h2-7H,8H2,1H3,(H,13,14,15). The minimum atomic E-state index is -3.06. The summed E-state index contributed by atoms with van der Waals surface area (Å²) in [5.74, 6) is -0.290. The van der Waals surface area contributed by atoms with Gasteiger partial charge in [0.1, 0.15) is 0 Å². The van der Waals surface area contributed by atoms with E-state index in [2.05, 4.69) is 10.3 Å². The predicted octanol–water partition coefficient (Wildman–Crippen LogP) is 1.94. The number of sulfone groups is 1. The van der Waals surface area contributed by atoms with Crippen LogP contribution in [0.25, 0.3) is 0 Å². The summed E-state index contributed by atoms with van der Waals surface area (Å²) in [4.78, 5) is 15.8. The zero-order valence-corrected chi connectivity index (χ0v) is 11.8. The molecule has 0 aliphatic heterocycles. The molecule has 0 atom stereocenters. The molecular formula is C12H12N2O3S2.